The Morgan fingerprint density at radius 1 is 1.17 bits per heavy atom. The predicted octanol–water partition coefficient (Wildman–Crippen LogP) is 3.08. The van der Waals surface area contributed by atoms with Gasteiger partial charge in [0.1, 0.15) is 5.82 Å². The van der Waals surface area contributed by atoms with E-state index in [1.165, 1.54) is 43.5 Å². The van der Waals surface area contributed by atoms with Crippen LogP contribution in [0.2, 0.25) is 0 Å². The smallest absolute Gasteiger partial charge is 0.331 e. The number of hydrogen-bond acceptors (Lipinski definition) is 3. The monoisotopic (exact) mass is 319 g/mol. The Morgan fingerprint density at radius 2 is 1.87 bits per heavy atom. The molecule has 0 heterocycles. The molecular formula is C18H22FNO3. The predicted molar refractivity (Wildman–Crippen MR) is 86.0 cm³/mol. The van der Waals surface area contributed by atoms with Gasteiger partial charge in [-0.3, -0.25) is 4.79 Å². The molecule has 1 aliphatic rings. The first-order valence-corrected chi connectivity index (χ1v) is 8.00. The van der Waals surface area contributed by atoms with Crippen molar-refractivity contribution in [1.29, 1.82) is 0 Å². The van der Waals surface area contributed by atoms with E-state index in [9.17, 15) is 14.0 Å². The normalized spacial score (nSPS) is 15.5. The van der Waals surface area contributed by atoms with Crippen LogP contribution in [0.4, 0.5) is 4.39 Å². The van der Waals surface area contributed by atoms with E-state index in [2.05, 4.69) is 5.32 Å². The van der Waals surface area contributed by atoms with Gasteiger partial charge in [-0.2, -0.15) is 0 Å². The molecule has 0 aromatic heterocycles. The van der Waals surface area contributed by atoms with E-state index in [1.54, 1.807) is 12.1 Å². The van der Waals surface area contributed by atoms with Gasteiger partial charge in [0.05, 0.1) is 0 Å². The highest BCUT2D eigenvalue weighted by Gasteiger charge is 2.14. The Bertz CT molecular complexity index is 548. The van der Waals surface area contributed by atoms with Crippen LogP contribution in [-0.4, -0.2) is 25.0 Å². The molecule has 1 aromatic carbocycles. The summed E-state index contributed by atoms with van der Waals surface area (Å²) in [5, 5.41) is 2.81. The largest absolute Gasteiger partial charge is 0.452 e. The summed E-state index contributed by atoms with van der Waals surface area (Å²) < 4.78 is 17.6. The van der Waals surface area contributed by atoms with E-state index >= 15 is 0 Å². The second-order valence-corrected chi connectivity index (χ2v) is 5.80. The van der Waals surface area contributed by atoms with Crippen molar-refractivity contribution in [2.75, 3.05) is 13.2 Å². The highest BCUT2D eigenvalue weighted by Crippen LogP contribution is 2.22. The van der Waals surface area contributed by atoms with Gasteiger partial charge >= 0.3 is 5.97 Å². The number of halogens is 1. The number of ether oxygens (including phenoxy) is 1. The molecule has 0 bridgehead atoms. The molecular weight excluding hydrogens is 297 g/mol. The molecule has 0 atom stereocenters. The van der Waals surface area contributed by atoms with Gasteiger partial charge in [0.15, 0.2) is 6.61 Å². The first kappa shape index (κ1) is 17.2. The van der Waals surface area contributed by atoms with Gasteiger partial charge in [-0.25, -0.2) is 9.18 Å². The van der Waals surface area contributed by atoms with Gasteiger partial charge in [0.2, 0.25) is 0 Å². The molecule has 0 aliphatic heterocycles. The number of benzene rings is 1. The molecule has 1 amide bonds. The molecule has 1 fully saturated rings. The number of amides is 1. The van der Waals surface area contributed by atoms with E-state index in [0.717, 1.165) is 12.8 Å². The number of rotatable bonds is 6. The Hall–Kier alpha value is -2.17. The van der Waals surface area contributed by atoms with Crippen molar-refractivity contribution in [3.8, 4) is 0 Å². The lowest BCUT2D eigenvalue weighted by Gasteiger charge is -2.21. The molecule has 5 heteroatoms. The van der Waals surface area contributed by atoms with Gasteiger partial charge in [0, 0.05) is 12.6 Å². The Balaban J connectivity index is 1.65. The third-order valence-electron chi connectivity index (χ3n) is 3.94. The second-order valence-electron chi connectivity index (χ2n) is 5.80. The summed E-state index contributed by atoms with van der Waals surface area (Å²) in [7, 11) is 0. The van der Waals surface area contributed by atoms with Crippen molar-refractivity contribution in [3.05, 3.63) is 41.7 Å². The Morgan fingerprint density at radius 3 is 2.57 bits per heavy atom. The van der Waals surface area contributed by atoms with Crippen LogP contribution in [-0.2, 0) is 14.3 Å². The van der Waals surface area contributed by atoms with Crippen molar-refractivity contribution < 1.29 is 18.7 Å². The van der Waals surface area contributed by atoms with Gasteiger partial charge in [-0.15, -0.1) is 0 Å². The van der Waals surface area contributed by atoms with Crippen molar-refractivity contribution in [1.82, 2.24) is 5.32 Å². The lowest BCUT2D eigenvalue weighted by molar-refractivity contribution is -0.143. The zero-order valence-corrected chi connectivity index (χ0v) is 13.1. The summed E-state index contributed by atoms with van der Waals surface area (Å²) in [6, 6.07) is 5.72. The summed E-state index contributed by atoms with van der Waals surface area (Å²) in [4.78, 5) is 23.2. The van der Waals surface area contributed by atoms with Gasteiger partial charge < -0.3 is 10.1 Å². The standard InChI is InChI=1S/C18H22FNO3/c19-16-9-6-14(7-10-16)8-11-18(22)23-13-17(21)20-12-15-4-2-1-3-5-15/h6-11,15H,1-5,12-13H2,(H,20,21)/b11-8+. The molecule has 1 aliphatic carbocycles. The molecule has 0 unspecified atom stereocenters. The molecule has 0 saturated heterocycles. The second kappa shape index (κ2) is 9.08. The van der Waals surface area contributed by atoms with Gasteiger partial charge in [0.25, 0.3) is 5.91 Å². The van der Waals surface area contributed by atoms with Crippen LogP contribution in [0.25, 0.3) is 6.08 Å². The van der Waals surface area contributed by atoms with Crippen LogP contribution in [0.3, 0.4) is 0 Å². The Labute approximate surface area is 135 Å². The third-order valence-corrected chi connectivity index (χ3v) is 3.94. The average molecular weight is 319 g/mol. The van der Waals surface area contributed by atoms with Crippen LogP contribution in [0.5, 0.6) is 0 Å². The molecule has 23 heavy (non-hydrogen) atoms. The molecule has 124 valence electrons. The lowest BCUT2D eigenvalue weighted by atomic mass is 9.89. The molecule has 1 N–H and O–H groups in total. The van der Waals surface area contributed by atoms with E-state index in [-0.39, 0.29) is 18.3 Å². The maximum absolute atomic E-state index is 12.7. The Kier molecular flexibility index (Phi) is 6.78. The van der Waals surface area contributed by atoms with E-state index < -0.39 is 5.97 Å². The molecule has 1 saturated carbocycles. The zero-order chi connectivity index (χ0) is 16.5. The lowest BCUT2D eigenvalue weighted by Crippen LogP contribution is -2.33. The molecule has 0 radical (unpaired) electrons. The van der Waals surface area contributed by atoms with Crippen molar-refractivity contribution in [2.24, 2.45) is 5.92 Å². The van der Waals surface area contributed by atoms with Gasteiger partial charge in [-0.1, -0.05) is 31.4 Å². The summed E-state index contributed by atoms with van der Waals surface area (Å²) in [5.41, 5.74) is 0.685. The molecule has 0 spiro atoms. The minimum Gasteiger partial charge on any atom is -0.452 e. The quantitative estimate of drug-likeness (QED) is 0.647. The summed E-state index contributed by atoms with van der Waals surface area (Å²) >= 11 is 0. The highest BCUT2D eigenvalue weighted by atomic mass is 19.1. The first-order valence-electron chi connectivity index (χ1n) is 8.00. The van der Waals surface area contributed by atoms with E-state index in [0.29, 0.717) is 18.0 Å². The fourth-order valence-corrected chi connectivity index (χ4v) is 2.62. The van der Waals surface area contributed by atoms with Crippen molar-refractivity contribution >= 4 is 18.0 Å². The zero-order valence-electron chi connectivity index (χ0n) is 13.1. The van der Waals surface area contributed by atoms with Crippen LogP contribution < -0.4 is 5.32 Å². The maximum Gasteiger partial charge on any atom is 0.331 e. The maximum atomic E-state index is 12.7. The molecule has 4 nitrogen and oxygen atoms in total. The van der Waals surface area contributed by atoms with Crippen LogP contribution in [0, 0.1) is 11.7 Å². The number of carbonyl (C=O) groups excluding carboxylic acids is 2. The number of esters is 1. The summed E-state index contributed by atoms with van der Waals surface area (Å²) in [5.74, 6) is -0.664. The number of nitrogens with one attached hydrogen (secondary N) is 1. The average Bonchev–Trinajstić information content (AvgIpc) is 2.58. The fourth-order valence-electron chi connectivity index (χ4n) is 2.62. The summed E-state index contributed by atoms with van der Waals surface area (Å²) in [6.45, 7) is 0.376. The fraction of sp³-hybridized carbons (Fsp3) is 0.444. The first-order chi connectivity index (χ1) is 11.1. The molecule has 1 aromatic rings. The van der Waals surface area contributed by atoms with Crippen LogP contribution >= 0.6 is 0 Å². The van der Waals surface area contributed by atoms with Gasteiger partial charge in [-0.05, 0) is 42.5 Å². The van der Waals surface area contributed by atoms with E-state index in [4.69, 9.17) is 4.74 Å². The van der Waals surface area contributed by atoms with Crippen molar-refractivity contribution in [3.63, 3.8) is 0 Å². The number of carbonyl (C=O) groups is 2. The van der Waals surface area contributed by atoms with Crippen LogP contribution in [0.15, 0.2) is 30.3 Å². The van der Waals surface area contributed by atoms with Crippen molar-refractivity contribution in [2.45, 2.75) is 32.1 Å². The van der Waals surface area contributed by atoms with Crippen LogP contribution in [0.1, 0.15) is 37.7 Å². The van der Waals surface area contributed by atoms with E-state index in [1.807, 2.05) is 0 Å². The molecule has 2 rings (SSSR count). The minimum atomic E-state index is -0.595. The summed E-state index contributed by atoms with van der Waals surface area (Å²) in [6.07, 6.45) is 8.78. The minimum absolute atomic E-state index is 0.278. The SMILES string of the molecule is O=C(COC(=O)/C=C/c1ccc(F)cc1)NCC1CCCCC1. The topological polar surface area (TPSA) is 55.4 Å². The highest BCUT2D eigenvalue weighted by molar-refractivity contribution is 5.89. The third kappa shape index (κ3) is 6.63. The number of hydrogen-bond donors (Lipinski definition) is 1.